The molecular weight excluding hydrogens is 266 g/mol. The maximum Gasteiger partial charge on any atom is 0.152 e. The number of nitrogens with one attached hydrogen (secondary N) is 1. The molecule has 0 aliphatic carbocycles. The number of hydroxylamine groups is 2. The molecule has 2 atom stereocenters. The van der Waals surface area contributed by atoms with Crippen molar-refractivity contribution in [2.24, 2.45) is 0 Å². The topological polar surface area (TPSA) is 71.5 Å². The third-order valence-electron chi connectivity index (χ3n) is 4.10. The Hall–Kier alpha value is -1.79. The second kappa shape index (κ2) is 4.89. The minimum atomic E-state index is -1.64. The van der Waals surface area contributed by atoms with E-state index in [2.05, 4.69) is 10.3 Å². The quantitative estimate of drug-likeness (QED) is 0.883. The molecule has 0 radical (unpaired) electrons. The van der Waals surface area contributed by atoms with Crippen molar-refractivity contribution >= 4 is 0 Å². The van der Waals surface area contributed by atoms with E-state index in [9.17, 15) is 10.3 Å². The summed E-state index contributed by atoms with van der Waals surface area (Å²) in [5.41, 5.74) is -1.15. The van der Waals surface area contributed by atoms with Crippen LogP contribution in [0.2, 0.25) is 0 Å². The van der Waals surface area contributed by atoms with E-state index in [-0.39, 0.29) is 0 Å². The van der Waals surface area contributed by atoms with Crippen LogP contribution in [0.3, 0.4) is 0 Å². The molecule has 5 heteroatoms. The normalized spacial score (nSPS) is 28.7. The van der Waals surface area contributed by atoms with Crippen LogP contribution in [0.15, 0.2) is 54.9 Å². The second-order valence-corrected chi connectivity index (χ2v) is 5.82. The van der Waals surface area contributed by atoms with E-state index in [1.54, 1.807) is 30.6 Å². The maximum absolute atomic E-state index is 12.8. The fourth-order valence-electron chi connectivity index (χ4n) is 2.88. The third kappa shape index (κ3) is 2.06. The zero-order valence-electron chi connectivity index (χ0n) is 12.0. The van der Waals surface area contributed by atoms with Gasteiger partial charge in [0.1, 0.15) is 0 Å². The first-order chi connectivity index (χ1) is 9.97. The van der Waals surface area contributed by atoms with E-state index >= 15 is 0 Å². The molecule has 1 aromatic heterocycles. The monoisotopic (exact) mass is 284 g/mol. The largest absolute Gasteiger partial charge is 0.782 e. The van der Waals surface area contributed by atoms with Gasteiger partial charge in [-0.05, 0) is 25.5 Å². The Balaban J connectivity index is 2.06. The predicted molar refractivity (Wildman–Crippen MR) is 79.7 cm³/mol. The third-order valence-corrected chi connectivity index (χ3v) is 4.10. The highest BCUT2D eigenvalue weighted by Gasteiger charge is 2.54. The Labute approximate surface area is 123 Å². The van der Waals surface area contributed by atoms with Crippen LogP contribution in [0.5, 0.6) is 0 Å². The molecule has 2 aromatic rings. The summed E-state index contributed by atoms with van der Waals surface area (Å²) in [6.07, 6.45) is 2.65. The number of pyridine rings is 1. The van der Waals surface area contributed by atoms with Gasteiger partial charge in [0.25, 0.3) is 0 Å². The zero-order chi connectivity index (χ0) is 15.1. The lowest BCUT2D eigenvalue weighted by molar-refractivity contribution is -0.109. The smallest absolute Gasteiger partial charge is 0.152 e. The van der Waals surface area contributed by atoms with Gasteiger partial charge in [-0.25, -0.2) is 0 Å². The molecule has 2 unspecified atom stereocenters. The van der Waals surface area contributed by atoms with Crippen LogP contribution in [-0.4, -0.2) is 20.7 Å². The zero-order valence-corrected chi connectivity index (χ0v) is 12.0. The highest BCUT2D eigenvalue weighted by Crippen LogP contribution is 2.46. The SMILES string of the molecule is CC1(C)NC(c2cccnc2)N([O-])C1(O)c1ccccc1. The number of rotatable bonds is 2. The van der Waals surface area contributed by atoms with Gasteiger partial charge in [0.05, 0.1) is 11.7 Å². The van der Waals surface area contributed by atoms with Crippen LogP contribution >= 0.6 is 0 Å². The highest BCUT2D eigenvalue weighted by atomic mass is 16.6. The average Bonchev–Trinajstić information content (AvgIpc) is 2.70. The van der Waals surface area contributed by atoms with Gasteiger partial charge >= 0.3 is 0 Å². The first-order valence-electron chi connectivity index (χ1n) is 6.89. The number of hydrogen-bond acceptors (Lipinski definition) is 5. The van der Waals surface area contributed by atoms with Crippen LogP contribution in [0, 0.1) is 5.21 Å². The summed E-state index contributed by atoms with van der Waals surface area (Å²) in [6, 6.07) is 12.6. The first kappa shape index (κ1) is 14.2. The maximum atomic E-state index is 12.8. The standard InChI is InChI=1S/C16H18N3O2/c1-15(2)16(20,13-8-4-3-5-9-13)19(21)14(18-15)12-7-6-10-17-11-12/h3-11,14,18,20H,1-2H3/q-1. The van der Waals surface area contributed by atoms with Gasteiger partial charge in [0.15, 0.2) is 5.72 Å². The number of aromatic nitrogens is 1. The summed E-state index contributed by atoms with van der Waals surface area (Å²) < 4.78 is 0. The van der Waals surface area contributed by atoms with Crippen LogP contribution in [0.1, 0.15) is 31.1 Å². The molecule has 1 aromatic carbocycles. The Morgan fingerprint density at radius 3 is 2.52 bits per heavy atom. The molecule has 0 bridgehead atoms. The minimum absolute atomic E-state index is 0.573. The molecule has 1 saturated heterocycles. The Morgan fingerprint density at radius 2 is 1.90 bits per heavy atom. The Bertz CT molecular complexity index is 618. The molecule has 1 aliphatic heterocycles. The molecule has 5 nitrogen and oxygen atoms in total. The summed E-state index contributed by atoms with van der Waals surface area (Å²) in [5, 5.41) is 27.9. The lowest BCUT2D eigenvalue weighted by atomic mass is 9.86. The fraction of sp³-hybridized carbons (Fsp3) is 0.312. The molecule has 0 spiro atoms. The van der Waals surface area contributed by atoms with Crippen molar-refractivity contribution in [3.63, 3.8) is 0 Å². The van der Waals surface area contributed by atoms with E-state index < -0.39 is 17.4 Å². The van der Waals surface area contributed by atoms with Crippen LogP contribution < -0.4 is 5.32 Å². The molecule has 110 valence electrons. The van der Waals surface area contributed by atoms with E-state index in [4.69, 9.17) is 0 Å². The first-order valence-corrected chi connectivity index (χ1v) is 6.89. The summed E-state index contributed by atoms with van der Waals surface area (Å²) in [7, 11) is 0. The highest BCUT2D eigenvalue weighted by molar-refractivity contribution is 5.31. The van der Waals surface area contributed by atoms with Crippen molar-refractivity contribution in [2.75, 3.05) is 0 Å². The van der Waals surface area contributed by atoms with E-state index in [1.807, 2.05) is 38.1 Å². The van der Waals surface area contributed by atoms with Crippen LogP contribution in [0.25, 0.3) is 0 Å². The van der Waals surface area contributed by atoms with Gasteiger partial charge in [-0.3, -0.25) is 10.3 Å². The summed E-state index contributed by atoms with van der Waals surface area (Å²) in [6.45, 7) is 3.64. The Kier molecular flexibility index (Phi) is 3.30. The van der Waals surface area contributed by atoms with Gasteiger partial charge in [-0.1, -0.05) is 36.4 Å². The average molecular weight is 284 g/mol. The molecule has 3 rings (SSSR count). The van der Waals surface area contributed by atoms with Gasteiger partial charge in [-0.2, -0.15) is 0 Å². The molecule has 1 fully saturated rings. The van der Waals surface area contributed by atoms with E-state index in [0.29, 0.717) is 5.56 Å². The Morgan fingerprint density at radius 1 is 1.19 bits per heavy atom. The van der Waals surface area contributed by atoms with Crippen molar-refractivity contribution in [1.82, 2.24) is 15.4 Å². The van der Waals surface area contributed by atoms with E-state index in [0.717, 1.165) is 10.6 Å². The van der Waals surface area contributed by atoms with Crippen LogP contribution in [-0.2, 0) is 5.72 Å². The molecule has 21 heavy (non-hydrogen) atoms. The van der Waals surface area contributed by atoms with Gasteiger partial charge in [-0.15, -0.1) is 0 Å². The second-order valence-electron chi connectivity index (χ2n) is 5.82. The van der Waals surface area contributed by atoms with Crippen molar-refractivity contribution in [1.29, 1.82) is 0 Å². The summed E-state index contributed by atoms with van der Waals surface area (Å²) in [4.78, 5) is 4.04. The lowest BCUT2D eigenvalue weighted by Crippen LogP contribution is -2.53. The lowest BCUT2D eigenvalue weighted by Gasteiger charge is -2.46. The molecule has 2 N–H and O–H groups in total. The van der Waals surface area contributed by atoms with Gasteiger partial charge in [0, 0.05) is 18.0 Å². The molecular formula is C16H18N3O2-. The van der Waals surface area contributed by atoms with Crippen molar-refractivity contribution in [3.05, 3.63) is 71.2 Å². The molecule has 1 aliphatic rings. The van der Waals surface area contributed by atoms with Gasteiger partial charge in [0.2, 0.25) is 0 Å². The molecule has 2 heterocycles. The predicted octanol–water partition coefficient (Wildman–Crippen LogP) is 2.11. The summed E-state index contributed by atoms with van der Waals surface area (Å²) >= 11 is 0. The van der Waals surface area contributed by atoms with Gasteiger partial charge < -0.3 is 15.4 Å². The van der Waals surface area contributed by atoms with Crippen molar-refractivity contribution in [2.45, 2.75) is 31.3 Å². The number of benzene rings is 1. The molecule has 0 saturated carbocycles. The van der Waals surface area contributed by atoms with Crippen molar-refractivity contribution in [3.8, 4) is 0 Å². The number of aliphatic hydroxyl groups is 1. The van der Waals surface area contributed by atoms with Crippen molar-refractivity contribution < 1.29 is 5.11 Å². The molecule has 0 amide bonds. The minimum Gasteiger partial charge on any atom is -0.782 e. The van der Waals surface area contributed by atoms with Crippen LogP contribution in [0.4, 0.5) is 0 Å². The fourth-order valence-corrected chi connectivity index (χ4v) is 2.88. The summed E-state index contributed by atoms with van der Waals surface area (Å²) in [5.74, 6) is 0. The number of nitrogens with zero attached hydrogens (tertiary/aromatic N) is 2. The van der Waals surface area contributed by atoms with E-state index in [1.165, 1.54) is 0 Å². The number of hydrogen-bond donors (Lipinski definition) is 2.